The quantitative estimate of drug-likeness (QED) is 0.0177. The van der Waals surface area contributed by atoms with Gasteiger partial charge in [0.05, 0.1) is 42.8 Å². The van der Waals surface area contributed by atoms with Gasteiger partial charge in [0.25, 0.3) is 0 Å². The fraction of sp³-hybridized carbons (Fsp3) is 0.318. The molecule has 0 bridgehead atoms. The van der Waals surface area contributed by atoms with Crippen LogP contribution in [0.2, 0.25) is 0 Å². The number of hydrogen-bond acceptors (Lipinski definition) is 22. The fourth-order valence-electron chi connectivity index (χ4n) is 10.1. The molecule has 129 heavy (non-hydrogen) atoms. The Balaban J connectivity index is 0.000000342. The van der Waals surface area contributed by atoms with E-state index in [-0.39, 0.29) is 66.8 Å². The maximum Gasteiger partial charge on any atom is 0.408 e. The van der Waals surface area contributed by atoms with Crippen LogP contribution in [-0.4, -0.2) is 164 Å². The van der Waals surface area contributed by atoms with Crippen molar-refractivity contribution >= 4 is 331 Å². The summed E-state index contributed by atoms with van der Waals surface area (Å²) in [5.74, 6) is -1.56. The Morgan fingerprint density at radius 1 is 0.279 bits per heavy atom. The van der Waals surface area contributed by atoms with E-state index in [0.29, 0.717) is 61.5 Å². The molecule has 700 valence electrons. The number of aromatic hydroxyl groups is 5. The molecular formula is C85H89I12N5O27. The fourth-order valence-corrected chi connectivity index (χ4v) is 21.2. The molecule has 0 aromatic heterocycles. The highest BCUT2D eigenvalue weighted by Gasteiger charge is 2.31. The van der Waals surface area contributed by atoms with Crippen LogP contribution in [0, 0.1) is 42.8 Å². The number of halogens is 12. The molecule has 0 saturated heterocycles. The molecule has 0 aliphatic carbocycles. The summed E-state index contributed by atoms with van der Waals surface area (Å²) in [7, 11) is 0. The van der Waals surface area contributed by atoms with Crippen molar-refractivity contribution in [2.75, 3.05) is 0 Å². The topological polar surface area (TPSA) is 498 Å². The van der Waals surface area contributed by atoms with Gasteiger partial charge < -0.3 is 111 Å². The molecule has 0 aliphatic heterocycles. The highest BCUT2D eigenvalue weighted by molar-refractivity contribution is 14.1. The maximum atomic E-state index is 12.0. The summed E-state index contributed by atoms with van der Waals surface area (Å²) >= 11 is 24.7. The number of phenolic OH excluding ortho intramolecular Hbond substituents is 5. The second-order valence-corrected chi connectivity index (χ2v) is 45.2. The molecule has 8 rings (SSSR count). The molecule has 32 nitrogen and oxygen atoms in total. The lowest BCUT2D eigenvalue weighted by molar-refractivity contribution is -0.141. The molecule has 0 spiro atoms. The number of aliphatic carboxylic acids is 5. The first-order chi connectivity index (χ1) is 59.4. The largest absolute Gasteiger partial charge is 0.508 e. The van der Waals surface area contributed by atoms with Crippen LogP contribution in [0.5, 0.6) is 63.2 Å². The lowest BCUT2D eigenvalue weighted by Crippen LogP contribution is -2.44. The number of hydrogen-bond donors (Lipinski definition) is 15. The van der Waals surface area contributed by atoms with E-state index in [1.54, 1.807) is 150 Å². The van der Waals surface area contributed by atoms with Gasteiger partial charge in [0.15, 0.2) is 17.2 Å². The van der Waals surface area contributed by atoms with Crippen LogP contribution in [0.1, 0.15) is 118 Å². The van der Waals surface area contributed by atoms with Gasteiger partial charge in [-0.15, -0.1) is 0 Å². The van der Waals surface area contributed by atoms with Gasteiger partial charge in [-0.2, -0.15) is 0 Å². The summed E-state index contributed by atoms with van der Waals surface area (Å²) in [6, 6.07) is 28.5. The predicted octanol–water partition coefficient (Wildman–Crippen LogP) is 20.8. The monoisotopic (exact) mass is 3130 g/mol. The lowest BCUT2D eigenvalue weighted by Gasteiger charge is -2.22. The maximum absolute atomic E-state index is 12.0. The average molecular weight is 3140 g/mol. The number of amides is 5. The standard InChI is InChI=1S/C20H19I4NO6.C20H20I3NO6.C20H21I2NO6.C14H17I2NO5.C11H12INO4/c1-20(2,3)31-19(29)25-15(18(27)28)6-9-4-13(23)17(14(24)5-9)30-10-7-11(21)16(26)12(22)8-10;1-20(2,3)30-19(28)24-15(18(26)27)8-10-6-13(22)17(14(23)7-10)29-11-4-5-16(25)12(21)9-11;1-20(2,3)29-19(27)23-16(18(25)26)10-11-8-14(21)17(15(22)9-11)28-13-6-4-12(24)5-7-13;1-14(2,3)22-13(21)17-10(12(19)20)6-7-4-8(15)11(18)9(16)5-7;1-6(14)13-9(11(16)17)5-7-2-3-10(15)8(12)4-7/h4-5,7-8,15,26H,6H2,1-3H3,(H,25,29)(H,27,28);4-7,9,15,25H,8H2,1-3H3,(H,24,28)(H,26,27);4-9,16,24H,10H2,1-3H3,(H,23,27)(H,25,26);4-5,10,18H,6H2,1-3H3,(H,17,21)(H,19,20);2-4,9,15H,5H2,1H3,(H,13,14)(H,16,17)/t2*15-;16-;10-;9-/m11111/s1. The SMILES string of the molecule is CC(=O)N[C@H](Cc1ccc(O)c(I)c1)C(=O)O.CC(C)(C)OC(=O)N[C@H](Cc1cc(I)c(O)c(I)c1)C(=O)O.CC(C)(C)OC(=O)N[C@H](Cc1cc(I)c(Oc2cc(I)c(O)c(I)c2)c(I)c1)C(=O)O.CC(C)(C)OC(=O)N[C@H](Cc1cc(I)c(Oc2ccc(O)c(I)c2)c(I)c1)C(=O)O.CC(C)(C)OC(=O)N[C@H](Cc1cc(I)c(Oc2ccc(O)cc2)c(I)c1)C(=O)O. The van der Waals surface area contributed by atoms with E-state index >= 15 is 0 Å². The molecule has 15 N–H and O–H groups in total. The zero-order valence-electron chi connectivity index (χ0n) is 70.4. The van der Waals surface area contributed by atoms with Gasteiger partial charge in [-0.25, -0.2) is 43.2 Å². The van der Waals surface area contributed by atoms with Crippen molar-refractivity contribution in [1.82, 2.24) is 26.6 Å². The van der Waals surface area contributed by atoms with E-state index in [1.807, 2.05) is 172 Å². The second-order valence-electron chi connectivity index (χ2n) is 31.3. The Kier molecular flexibility index (Phi) is 48.0. The first-order valence-corrected chi connectivity index (χ1v) is 50.4. The third-order valence-electron chi connectivity index (χ3n) is 15.5. The van der Waals surface area contributed by atoms with Crippen molar-refractivity contribution in [3.63, 3.8) is 0 Å². The Hall–Kier alpha value is -5.18. The third-order valence-corrected chi connectivity index (χ3v) is 25.3. The molecule has 0 heterocycles. The minimum atomic E-state index is -1.15. The van der Waals surface area contributed by atoms with E-state index in [1.165, 1.54) is 25.1 Å². The minimum absolute atomic E-state index is 0.0931. The Bertz CT molecular complexity index is 5260. The van der Waals surface area contributed by atoms with Crippen LogP contribution >= 0.6 is 271 Å². The number of carboxylic acids is 5. The van der Waals surface area contributed by atoms with Crippen LogP contribution in [0.4, 0.5) is 19.2 Å². The zero-order valence-corrected chi connectivity index (χ0v) is 96.3. The Morgan fingerprint density at radius 3 is 0.760 bits per heavy atom. The van der Waals surface area contributed by atoms with E-state index in [2.05, 4.69) is 162 Å². The molecule has 0 fully saturated rings. The lowest BCUT2D eigenvalue weighted by atomic mass is 10.1. The van der Waals surface area contributed by atoms with Crippen LogP contribution in [0.3, 0.4) is 0 Å². The third kappa shape index (κ3) is 43.6. The number of benzene rings is 8. The first-order valence-electron chi connectivity index (χ1n) is 37.4. The van der Waals surface area contributed by atoms with Crippen molar-refractivity contribution in [2.45, 2.75) is 175 Å². The first kappa shape index (κ1) is 116. The molecule has 0 saturated carbocycles. The molecule has 0 radical (unpaired) electrons. The summed E-state index contributed by atoms with van der Waals surface area (Å²) in [4.78, 5) is 116. The van der Waals surface area contributed by atoms with Gasteiger partial charge in [0.2, 0.25) is 5.91 Å². The van der Waals surface area contributed by atoms with E-state index in [0.717, 1.165) is 43.7 Å². The summed E-state index contributed by atoms with van der Waals surface area (Å²) in [6.07, 6.45) is -2.54. The smallest absolute Gasteiger partial charge is 0.408 e. The van der Waals surface area contributed by atoms with Gasteiger partial charge >= 0.3 is 54.2 Å². The van der Waals surface area contributed by atoms with E-state index < -0.39 is 107 Å². The van der Waals surface area contributed by atoms with Gasteiger partial charge in [0.1, 0.15) is 98.6 Å². The molecule has 44 heteroatoms. The normalized spacial score (nSPS) is 12.2. The van der Waals surface area contributed by atoms with Gasteiger partial charge in [-0.3, -0.25) is 4.79 Å². The number of phenols is 5. The summed E-state index contributed by atoms with van der Waals surface area (Å²) in [5.41, 5.74) is 0.800. The number of alkyl carbamates (subject to hydrolysis) is 4. The second kappa shape index (κ2) is 53.4. The number of nitrogens with one attached hydrogen (secondary N) is 5. The van der Waals surface area contributed by atoms with Crippen molar-refractivity contribution < 1.29 is 132 Å². The number of carboxylic acid groups (broad SMARTS) is 5. The summed E-state index contributed by atoms with van der Waals surface area (Å²) in [5, 5.41) is 107. The number of carbonyl (C=O) groups is 10. The predicted molar refractivity (Wildman–Crippen MR) is 580 cm³/mol. The average Bonchev–Trinajstić information content (AvgIpc) is 0.815. The van der Waals surface area contributed by atoms with Gasteiger partial charge in [-0.05, 0) is 497 Å². The van der Waals surface area contributed by atoms with Crippen LogP contribution in [0.15, 0.2) is 121 Å². The molecular weight excluding hydrogens is 3050 g/mol. The molecule has 5 amide bonds. The Morgan fingerprint density at radius 2 is 0.496 bits per heavy atom. The zero-order chi connectivity index (χ0) is 98.0. The van der Waals surface area contributed by atoms with Crippen molar-refractivity contribution in [1.29, 1.82) is 0 Å². The van der Waals surface area contributed by atoms with Crippen molar-refractivity contribution in [2.24, 2.45) is 0 Å². The Labute approximate surface area is 907 Å². The highest BCUT2D eigenvalue weighted by atomic mass is 127. The van der Waals surface area contributed by atoms with Crippen LogP contribution < -0.4 is 40.8 Å². The van der Waals surface area contributed by atoms with Crippen molar-refractivity contribution in [3.8, 4) is 63.2 Å². The van der Waals surface area contributed by atoms with Crippen LogP contribution in [0.25, 0.3) is 0 Å². The molecule has 5 atom stereocenters. The number of rotatable bonds is 26. The molecule has 8 aromatic carbocycles. The molecule has 0 aliphatic rings. The van der Waals surface area contributed by atoms with E-state index in [9.17, 15) is 93.9 Å². The number of carbonyl (C=O) groups excluding carboxylic acids is 5. The highest BCUT2D eigenvalue weighted by Crippen LogP contribution is 2.40. The summed E-state index contributed by atoms with van der Waals surface area (Å²) in [6.45, 7) is 21.8. The van der Waals surface area contributed by atoms with E-state index in [4.69, 9.17) is 38.3 Å². The van der Waals surface area contributed by atoms with Gasteiger partial charge in [0, 0.05) is 39.0 Å². The molecule has 0 unspecified atom stereocenters. The van der Waals surface area contributed by atoms with Gasteiger partial charge in [-0.1, -0.05) is 6.07 Å². The van der Waals surface area contributed by atoms with Crippen LogP contribution in [-0.2, 0) is 79.8 Å². The van der Waals surface area contributed by atoms with Crippen molar-refractivity contribution in [3.05, 3.63) is 192 Å². The molecule has 8 aromatic rings. The summed E-state index contributed by atoms with van der Waals surface area (Å²) < 4.78 is 47.1. The minimum Gasteiger partial charge on any atom is -0.508 e. The number of ether oxygens (including phenoxy) is 7.